The molecule has 1 aromatic heterocycles. The normalized spacial score (nSPS) is 13.9. The van der Waals surface area contributed by atoms with Gasteiger partial charge in [-0.1, -0.05) is 23.8 Å². The molecule has 4 rings (SSSR count). The lowest BCUT2D eigenvalue weighted by molar-refractivity contribution is 0.0736. The molecule has 2 aromatic carbocycles. The van der Waals surface area contributed by atoms with Gasteiger partial charge in [0.05, 0.1) is 0 Å². The Morgan fingerprint density at radius 1 is 0.935 bits per heavy atom. The number of nitrogens with zero attached hydrogens (tertiary/aromatic N) is 4. The summed E-state index contributed by atoms with van der Waals surface area (Å²) in [5.41, 5.74) is 2.37. The van der Waals surface area contributed by atoms with Crippen molar-refractivity contribution in [1.29, 1.82) is 0 Å². The second-order valence-electron chi connectivity index (χ2n) is 7.56. The first-order valence-electron chi connectivity index (χ1n) is 10.1. The molecule has 1 aliphatic heterocycles. The highest BCUT2D eigenvalue weighted by Crippen LogP contribution is 2.21. The monoisotopic (exact) mass is 423 g/mol. The van der Waals surface area contributed by atoms with E-state index in [-0.39, 0.29) is 0 Å². The molecule has 0 atom stereocenters. The van der Waals surface area contributed by atoms with Gasteiger partial charge in [-0.15, -0.1) is 0 Å². The van der Waals surface area contributed by atoms with Crippen LogP contribution in [0.5, 0.6) is 0 Å². The fraction of sp³-hybridized carbons (Fsp3) is 0.261. The van der Waals surface area contributed by atoms with E-state index >= 15 is 0 Å². The van der Waals surface area contributed by atoms with Crippen molar-refractivity contribution in [2.45, 2.75) is 13.8 Å². The van der Waals surface area contributed by atoms with E-state index in [9.17, 15) is 13.6 Å². The zero-order valence-electron chi connectivity index (χ0n) is 17.4. The van der Waals surface area contributed by atoms with Crippen LogP contribution in [0.2, 0.25) is 0 Å². The number of anilines is 3. The van der Waals surface area contributed by atoms with E-state index in [0.29, 0.717) is 32.1 Å². The van der Waals surface area contributed by atoms with Crippen molar-refractivity contribution in [2.24, 2.45) is 0 Å². The van der Waals surface area contributed by atoms with Crippen LogP contribution in [0.25, 0.3) is 0 Å². The quantitative estimate of drug-likeness (QED) is 0.685. The fourth-order valence-corrected chi connectivity index (χ4v) is 3.53. The summed E-state index contributed by atoms with van der Waals surface area (Å²) in [6.45, 7) is 5.61. The molecule has 1 aliphatic rings. The van der Waals surface area contributed by atoms with Crippen LogP contribution in [0, 0.1) is 25.5 Å². The number of piperazine rings is 1. The maximum Gasteiger partial charge on any atom is 0.259 e. The minimum absolute atomic E-state index is 0.344. The van der Waals surface area contributed by atoms with Gasteiger partial charge in [0, 0.05) is 43.6 Å². The first-order chi connectivity index (χ1) is 14.9. The highest BCUT2D eigenvalue weighted by atomic mass is 19.1. The summed E-state index contributed by atoms with van der Waals surface area (Å²) in [6, 6.07) is 13.3. The molecule has 0 spiro atoms. The van der Waals surface area contributed by atoms with Gasteiger partial charge in [0.15, 0.2) is 0 Å². The minimum atomic E-state index is -0.842. The summed E-state index contributed by atoms with van der Waals surface area (Å²) in [5, 5.41) is 3.22. The molecule has 0 saturated carbocycles. The smallest absolute Gasteiger partial charge is 0.259 e. The molecular weight excluding hydrogens is 400 g/mol. The fourth-order valence-electron chi connectivity index (χ4n) is 3.53. The molecule has 3 aromatic rings. The van der Waals surface area contributed by atoms with E-state index in [1.54, 1.807) is 0 Å². The molecule has 0 unspecified atom stereocenters. The van der Waals surface area contributed by atoms with Crippen molar-refractivity contribution in [2.75, 3.05) is 36.4 Å². The van der Waals surface area contributed by atoms with Crippen molar-refractivity contribution in [3.8, 4) is 0 Å². The number of halogens is 2. The van der Waals surface area contributed by atoms with Gasteiger partial charge in [-0.3, -0.25) is 4.79 Å². The summed E-state index contributed by atoms with van der Waals surface area (Å²) in [7, 11) is 0. The van der Waals surface area contributed by atoms with E-state index in [0.717, 1.165) is 29.3 Å². The Morgan fingerprint density at radius 2 is 1.58 bits per heavy atom. The number of carbonyl (C=O) groups excluding carboxylic acids is 1. The largest absolute Gasteiger partial charge is 0.353 e. The number of aryl methyl sites for hydroxylation is 2. The van der Waals surface area contributed by atoms with Gasteiger partial charge in [-0.05, 0) is 38.1 Å². The first kappa shape index (κ1) is 20.7. The Kier molecular flexibility index (Phi) is 5.79. The Labute approximate surface area is 179 Å². The van der Waals surface area contributed by atoms with E-state index in [4.69, 9.17) is 0 Å². The molecular formula is C23H23F2N5O. The van der Waals surface area contributed by atoms with Crippen molar-refractivity contribution in [3.05, 3.63) is 77.0 Å². The van der Waals surface area contributed by atoms with Crippen LogP contribution in [-0.4, -0.2) is 47.0 Å². The molecule has 1 amide bonds. The summed E-state index contributed by atoms with van der Waals surface area (Å²) in [5.74, 6) is -1.08. The second kappa shape index (κ2) is 8.67. The number of carbonyl (C=O) groups is 1. The van der Waals surface area contributed by atoms with Gasteiger partial charge in [0.25, 0.3) is 5.91 Å². The van der Waals surface area contributed by atoms with Crippen LogP contribution >= 0.6 is 0 Å². The lowest BCUT2D eigenvalue weighted by Crippen LogP contribution is -2.49. The zero-order valence-corrected chi connectivity index (χ0v) is 17.4. The molecule has 1 N–H and O–H groups in total. The van der Waals surface area contributed by atoms with Crippen LogP contribution in [0.1, 0.15) is 21.6 Å². The number of hydrogen-bond acceptors (Lipinski definition) is 5. The number of nitrogens with one attached hydrogen (secondary N) is 1. The number of aromatic nitrogens is 2. The lowest BCUT2D eigenvalue weighted by atomic mass is 10.1. The van der Waals surface area contributed by atoms with Crippen LogP contribution in [0.4, 0.5) is 26.2 Å². The maximum atomic E-state index is 14.0. The summed E-state index contributed by atoms with van der Waals surface area (Å²) in [4.78, 5) is 25.2. The van der Waals surface area contributed by atoms with E-state index in [2.05, 4.69) is 15.3 Å². The van der Waals surface area contributed by atoms with E-state index in [1.807, 2.05) is 49.1 Å². The van der Waals surface area contributed by atoms with Crippen LogP contribution < -0.4 is 10.2 Å². The van der Waals surface area contributed by atoms with Gasteiger partial charge in [0.1, 0.15) is 23.0 Å². The number of benzene rings is 2. The standard InChI is InChI=1S/C23H23F2N5O/c1-15-6-8-17(9-7-15)27-23-26-16(2)14-20(28-23)29-10-12-30(13-11-29)22(31)21-18(24)4-3-5-19(21)25/h3-9,14H,10-13H2,1-2H3,(H,26,27,28). The molecule has 1 fully saturated rings. The third-order valence-corrected chi connectivity index (χ3v) is 5.22. The minimum Gasteiger partial charge on any atom is -0.353 e. The summed E-state index contributed by atoms with van der Waals surface area (Å²) < 4.78 is 27.9. The predicted molar refractivity (Wildman–Crippen MR) is 116 cm³/mol. The van der Waals surface area contributed by atoms with E-state index in [1.165, 1.54) is 16.5 Å². The molecule has 0 radical (unpaired) electrons. The van der Waals surface area contributed by atoms with Gasteiger partial charge in [0.2, 0.25) is 5.95 Å². The van der Waals surface area contributed by atoms with Crippen LogP contribution in [0.3, 0.4) is 0 Å². The third-order valence-electron chi connectivity index (χ3n) is 5.22. The molecule has 8 heteroatoms. The predicted octanol–water partition coefficient (Wildman–Crippen LogP) is 4.08. The first-order valence-corrected chi connectivity index (χ1v) is 10.1. The molecule has 0 aliphatic carbocycles. The van der Waals surface area contributed by atoms with Gasteiger partial charge >= 0.3 is 0 Å². The average molecular weight is 423 g/mol. The molecule has 1 saturated heterocycles. The summed E-state index contributed by atoms with van der Waals surface area (Å²) >= 11 is 0. The zero-order chi connectivity index (χ0) is 22.0. The molecule has 160 valence electrons. The second-order valence-corrected chi connectivity index (χ2v) is 7.56. The number of hydrogen-bond donors (Lipinski definition) is 1. The number of rotatable bonds is 4. The third kappa shape index (κ3) is 4.63. The Balaban J connectivity index is 1.45. The highest BCUT2D eigenvalue weighted by molar-refractivity contribution is 5.95. The van der Waals surface area contributed by atoms with Crippen molar-refractivity contribution >= 4 is 23.4 Å². The Morgan fingerprint density at radius 3 is 2.23 bits per heavy atom. The van der Waals surface area contributed by atoms with E-state index < -0.39 is 23.1 Å². The van der Waals surface area contributed by atoms with Crippen molar-refractivity contribution in [3.63, 3.8) is 0 Å². The maximum absolute atomic E-state index is 14.0. The molecule has 6 nitrogen and oxygen atoms in total. The Hall–Kier alpha value is -3.55. The van der Waals surface area contributed by atoms with Crippen LogP contribution in [0.15, 0.2) is 48.5 Å². The lowest BCUT2D eigenvalue weighted by Gasteiger charge is -2.35. The number of amides is 1. The average Bonchev–Trinajstić information content (AvgIpc) is 2.75. The molecule has 2 heterocycles. The van der Waals surface area contributed by atoms with Gasteiger partial charge < -0.3 is 15.1 Å². The van der Waals surface area contributed by atoms with Crippen molar-refractivity contribution in [1.82, 2.24) is 14.9 Å². The SMILES string of the molecule is Cc1ccc(Nc2nc(C)cc(N3CCN(C(=O)c4c(F)cccc4F)CC3)n2)cc1. The Bertz CT molecular complexity index is 1080. The van der Waals surface area contributed by atoms with Gasteiger partial charge in [-0.2, -0.15) is 4.98 Å². The van der Waals surface area contributed by atoms with Crippen LogP contribution in [-0.2, 0) is 0 Å². The molecule has 31 heavy (non-hydrogen) atoms. The van der Waals surface area contributed by atoms with Gasteiger partial charge in [-0.25, -0.2) is 13.8 Å². The molecule has 0 bridgehead atoms. The van der Waals surface area contributed by atoms with Crippen molar-refractivity contribution < 1.29 is 13.6 Å². The summed E-state index contributed by atoms with van der Waals surface area (Å²) in [6.07, 6.45) is 0. The topological polar surface area (TPSA) is 61.4 Å². The highest BCUT2D eigenvalue weighted by Gasteiger charge is 2.27.